The van der Waals surface area contributed by atoms with E-state index in [1.54, 1.807) is 12.1 Å². The van der Waals surface area contributed by atoms with Crippen LogP contribution in [0.15, 0.2) is 60.8 Å². The van der Waals surface area contributed by atoms with Gasteiger partial charge in [0.05, 0.1) is 23.9 Å². The molecule has 7 heteroatoms. The lowest BCUT2D eigenvalue weighted by atomic mass is 10.0. The number of ether oxygens (including phenoxy) is 1. The van der Waals surface area contributed by atoms with Crippen LogP contribution in [0.25, 0.3) is 0 Å². The number of nitrogens with one attached hydrogen (secondary N) is 1. The summed E-state index contributed by atoms with van der Waals surface area (Å²) in [4.78, 5) is 16.3. The van der Waals surface area contributed by atoms with Gasteiger partial charge in [-0.05, 0) is 48.7 Å². The van der Waals surface area contributed by atoms with Gasteiger partial charge in [0.25, 0.3) is 0 Å². The average molecular weight is 400 g/mol. The third kappa shape index (κ3) is 5.13. The second-order valence-electron chi connectivity index (χ2n) is 6.57. The van der Waals surface area contributed by atoms with Gasteiger partial charge in [-0.3, -0.25) is 4.79 Å². The number of amides is 1. The highest BCUT2D eigenvalue weighted by molar-refractivity contribution is 5.92. The van der Waals surface area contributed by atoms with Crippen LogP contribution in [-0.4, -0.2) is 10.9 Å². The van der Waals surface area contributed by atoms with Gasteiger partial charge in [0, 0.05) is 6.07 Å². The monoisotopic (exact) mass is 400 g/mol. The Kier molecular flexibility index (Phi) is 5.87. The SMILES string of the molecule is Cc1cccc(Oc2ccc(NC(=O)Cc3ccccc3C(F)(F)F)cn2)c1C. The molecule has 0 aliphatic heterocycles. The van der Waals surface area contributed by atoms with Crippen molar-refractivity contribution in [3.05, 3.63) is 83.0 Å². The summed E-state index contributed by atoms with van der Waals surface area (Å²) in [5.41, 5.74) is 1.55. The number of nitrogens with zero attached hydrogens (tertiary/aromatic N) is 1. The normalized spacial score (nSPS) is 11.2. The summed E-state index contributed by atoms with van der Waals surface area (Å²) in [7, 11) is 0. The summed E-state index contributed by atoms with van der Waals surface area (Å²) in [5, 5.41) is 2.56. The zero-order valence-corrected chi connectivity index (χ0v) is 15.9. The zero-order valence-electron chi connectivity index (χ0n) is 15.9. The molecule has 0 atom stereocenters. The molecule has 0 fully saturated rings. The van der Waals surface area contributed by atoms with E-state index in [2.05, 4.69) is 10.3 Å². The molecule has 0 unspecified atom stereocenters. The van der Waals surface area contributed by atoms with Crippen LogP contribution >= 0.6 is 0 Å². The number of benzene rings is 2. The molecule has 0 bridgehead atoms. The largest absolute Gasteiger partial charge is 0.439 e. The van der Waals surface area contributed by atoms with Crippen LogP contribution in [0.1, 0.15) is 22.3 Å². The maximum absolute atomic E-state index is 13.0. The van der Waals surface area contributed by atoms with E-state index in [1.807, 2.05) is 32.0 Å². The molecule has 0 saturated carbocycles. The lowest BCUT2D eigenvalue weighted by Crippen LogP contribution is -2.18. The van der Waals surface area contributed by atoms with E-state index in [9.17, 15) is 18.0 Å². The second kappa shape index (κ2) is 8.34. The third-order valence-corrected chi connectivity index (χ3v) is 4.46. The Balaban J connectivity index is 1.66. The van der Waals surface area contributed by atoms with Gasteiger partial charge < -0.3 is 10.1 Å². The number of hydrogen-bond acceptors (Lipinski definition) is 3. The Hall–Kier alpha value is -3.35. The van der Waals surface area contributed by atoms with Gasteiger partial charge in [-0.25, -0.2) is 4.98 Å². The molecule has 0 radical (unpaired) electrons. The summed E-state index contributed by atoms with van der Waals surface area (Å²) in [5.74, 6) is 0.462. The Morgan fingerprint density at radius 3 is 2.48 bits per heavy atom. The Labute approximate surface area is 166 Å². The number of rotatable bonds is 5. The molecule has 0 saturated heterocycles. The number of anilines is 1. The fourth-order valence-corrected chi connectivity index (χ4v) is 2.79. The maximum atomic E-state index is 13.0. The van der Waals surface area contributed by atoms with Crippen molar-refractivity contribution in [3.8, 4) is 11.6 Å². The van der Waals surface area contributed by atoms with Crippen LogP contribution in [0.2, 0.25) is 0 Å². The number of aromatic nitrogens is 1. The highest BCUT2D eigenvalue weighted by Gasteiger charge is 2.33. The molecule has 150 valence electrons. The molecule has 3 rings (SSSR count). The van der Waals surface area contributed by atoms with Gasteiger partial charge in [-0.1, -0.05) is 30.3 Å². The summed E-state index contributed by atoms with van der Waals surface area (Å²) in [6, 6.07) is 13.9. The molecule has 0 spiro atoms. The van der Waals surface area contributed by atoms with Gasteiger partial charge in [-0.15, -0.1) is 0 Å². The first kappa shape index (κ1) is 20.4. The number of carbonyl (C=O) groups excluding carboxylic acids is 1. The van der Waals surface area contributed by atoms with Crippen molar-refractivity contribution in [2.75, 3.05) is 5.32 Å². The first-order valence-electron chi connectivity index (χ1n) is 8.89. The van der Waals surface area contributed by atoms with E-state index in [0.717, 1.165) is 17.2 Å². The number of carbonyl (C=O) groups is 1. The minimum atomic E-state index is -4.51. The van der Waals surface area contributed by atoms with Crippen molar-refractivity contribution < 1.29 is 22.7 Å². The van der Waals surface area contributed by atoms with Gasteiger partial charge in [0.15, 0.2) is 0 Å². The lowest BCUT2D eigenvalue weighted by Gasteiger charge is -2.13. The highest BCUT2D eigenvalue weighted by atomic mass is 19.4. The molecule has 0 aliphatic carbocycles. The molecule has 0 aliphatic rings. The van der Waals surface area contributed by atoms with Gasteiger partial charge in [-0.2, -0.15) is 13.2 Å². The summed E-state index contributed by atoms with van der Waals surface area (Å²) < 4.78 is 44.9. The molecule has 1 aromatic heterocycles. The molecule has 1 N–H and O–H groups in total. The number of pyridine rings is 1. The van der Waals surface area contributed by atoms with Crippen molar-refractivity contribution in [2.24, 2.45) is 0 Å². The molecular weight excluding hydrogens is 381 g/mol. The van der Waals surface area contributed by atoms with Crippen molar-refractivity contribution in [1.29, 1.82) is 0 Å². The van der Waals surface area contributed by atoms with E-state index in [1.165, 1.54) is 24.4 Å². The van der Waals surface area contributed by atoms with Crippen LogP contribution in [0.3, 0.4) is 0 Å². The minimum absolute atomic E-state index is 0.0830. The molecule has 4 nitrogen and oxygen atoms in total. The second-order valence-corrected chi connectivity index (χ2v) is 6.57. The van der Waals surface area contributed by atoms with Gasteiger partial charge in [0.2, 0.25) is 11.8 Å². The van der Waals surface area contributed by atoms with E-state index in [4.69, 9.17) is 4.74 Å². The molecule has 1 amide bonds. The predicted octanol–water partition coefficient (Wildman–Crippen LogP) is 5.69. The van der Waals surface area contributed by atoms with Crippen molar-refractivity contribution in [2.45, 2.75) is 26.4 Å². The maximum Gasteiger partial charge on any atom is 0.416 e. The molecule has 3 aromatic rings. The van der Waals surface area contributed by atoms with E-state index >= 15 is 0 Å². The third-order valence-electron chi connectivity index (χ3n) is 4.46. The van der Waals surface area contributed by atoms with Crippen LogP contribution in [-0.2, 0) is 17.4 Å². The molecule has 1 heterocycles. The van der Waals surface area contributed by atoms with Crippen LogP contribution < -0.4 is 10.1 Å². The van der Waals surface area contributed by atoms with E-state index < -0.39 is 24.1 Å². The van der Waals surface area contributed by atoms with Crippen LogP contribution in [0.4, 0.5) is 18.9 Å². The lowest BCUT2D eigenvalue weighted by molar-refractivity contribution is -0.138. The topological polar surface area (TPSA) is 51.2 Å². The standard InChI is InChI=1S/C22H19F3N2O2/c1-14-6-5-9-19(15(14)2)29-21-11-10-17(13-26-21)27-20(28)12-16-7-3-4-8-18(16)22(23,24)25/h3-11,13H,12H2,1-2H3,(H,27,28). The molecule has 29 heavy (non-hydrogen) atoms. The fourth-order valence-electron chi connectivity index (χ4n) is 2.79. The zero-order chi connectivity index (χ0) is 21.0. The number of alkyl halides is 3. The number of aryl methyl sites for hydroxylation is 1. The predicted molar refractivity (Wildman–Crippen MR) is 104 cm³/mol. The summed E-state index contributed by atoms with van der Waals surface area (Å²) in [6.45, 7) is 3.92. The Morgan fingerprint density at radius 2 is 1.79 bits per heavy atom. The van der Waals surface area contributed by atoms with Crippen LogP contribution in [0, 0.1) is 13.8 Å². The first-order valence-corrected chi connectivity index (χ1v) is 8.89. The summed E-state index contributed by atoms with van der Waals surface area (Å²) in [6.07, 6.45) is -3.50. The quantitative estimate of drug-likeness (QED) is 0.599. The average Bonchev–Trinajstić information content (AvgIpc) is 2.66. The van der Waals surface area contributed by atoms with E-state index in [0.29, 0.717) is 17.3 Å². The van der Waals surface area contributed by atoms with Crippen molar-refractivity contribution >= 4 is 11.6 Å². The van der Waals surface area contributed by atoms with Gasteiger partial charge >= 0.3 is 6.18 Å². The Morgan fingerprint density at radius 1 is 1.03 bits per heavy atom. The van der Waals surface area contributed by atoms with Crippen molar-refractivity contribution in [1.82, 2.24) is 4.98 Å². The van der Waals surface area contributed by atoms with Crippen LogP contribution in [0.5, 0.6) is 11.6 Å². The number of halogens is 3. The fraction of sp³-hybridized carbons (Fsp3) is 0.182. The number of hydrogen-bond donors (Lipinski definition) is 1. The minimum Gasteiger partial charge on any atom is -0.439 e. The van der Waals surface area contributed by atoms with Crippen molar-refractivity contribution in [3.63, 3.8) is 0 Å². The molecular formula is C22H19F3N2O2. The van der Waals surface area contributed by atoms with Gasteiger partial charge in [0.1, 0.15) is 5.75 Å². The summed E-state index contributed by atoms with van der Waals surface area (Å²) >= 11 is 0. The highest BCUT2D eigenvalue weighted by Crippen LogP contribution is 2.32. The Bertz CT molecular complexity index is 1020. The van der Waals surface area contributed by atoms with E-state index in [-0.39, 0.29) is 5.56 Å². The smallest absolute Gasteiger partial charge is 0.416 e. The molecule has 2 aromatic carbocycles. The first-order chi connectivity index (χ1) is 13.7.